The summed E-state index contributed by atoms with van der Waals surface area (Å²) in [6, 6.07) is 11.1. The summed E-state index contributed by atoms with van der Waals surface area (Å²) in [5.41, 5.74) is 2.22. The number of benzene rings is 1. The predicted molar refractivity (Wildman–Crippen MR) is 104 cm³/mol. The van der Waals surface area contributed by atoms with Gasteiger partial charge in [-0.25, -0.2) is 0 Å². The van der Waals surface area contributed by atoms with Crippen LogP contribution < -0.4 is 4.74 Å². The molecule has 1 aliphatic heterocycles. The second-order valence-corrected chi connectivity index (χ2v) is 6.89. The summed E-state index contributed by atoms with van der Waals surface area (Å²) in [6.45, 7) is 3.35. The van der Waals surface area contributed by atoms with E-state index in [0.29, 0.717) is 30.4 Å². The number of methoxy groups -OCH3 is 1. The van der Waals surface area contributed by atoms with Crippen molar-refractivity contribution >= 4 is 5.91 Å². The Hall–Kier alpha value is -3.26. The van der Waals surface area contributed by atoms with Gasteiger partial charge >= 0.3 is 0 Å². The molecule has 4 rings (SSSR count). The Morgan fingerprint density at radius 2 is 2.10 bits per heavy atom. The number of hydrogen-bond acceptors (Lipinski definition) is 7. The summed E-state index contributed by atoms with van der Waals surface area (Å²) in [5.74, 6) is 1.68. The van der Waals surface area contributed by atoms with Gasteiger partial charge in [-0.1, -0.05) is 5.16 Å². The van der Waals surface area contributed by atoms with Gasteiger partial charge in [-0.15, -0.1) is 0 Å². The van der Waals surface area contributed by atoms with E-state index in [9.17, 15) is 4.79 Å². The summed E-state index contributed by atoms with van der Waals surface area (Å²) in [5, 5.41) is 3.95. The monoisotopic (exact) mass is 394 g/mol. The van der Waals surface area contributed by atoms with E-state index in [0.717, 1.165) is 23.4 Å². The highest BCUT2D eigenvalue weighted by atomic mass is 16.5. The van der Waals surface area contributed by atoms with E-state index in [1.54, 1.807) is 19.4 Å². The molecule has 0 spiro atoms. The number of carbonyl (C=O) groups is 1. The highest BCUT2D eigenvalue weighted by Gasteiger charge is 2.29. The predicted octanol–water partition coefficient (Wildman–Crippen LogP) is 2.88. The molecule has 0 bridgehead atoms. The molecule has 2 aromatic heterocycles. The maximum absolute atomic E-state index is 12.7. The highest BCUT2D eigenvalue weighted by molar-refractivity contribution is 5.95. The maximum Gasteiger partial charge on any atom is 0.255 e. The third-order valence-electron chi connectivity index (χ3n) is 4.82. The maximum atomic E-state index is 12.7. The minimum atomic E-state index is -0.0414. The fraction of sp³-hybridized carbons (Fsp3) is 0.333. The van der Waals surface area contributed by atoms with Crippen molar-refractivity contribution in [3.63, 3.8) is 0 Å². The molecule has 0 aliphatic carbocycles. The zero-order valence-corrected chi connectivity index (χ0v) is 16.4. The lowest BCUT2D eigenvalue weighted by Gasteiger charge is -2.18. The molecule has 1 aromatic carbocycles. The molecular formula is C21H22N4O4. The van der Waals surface area contributed by atoms with Crippen LogP contribution >= 0.6 is 0 Å². The van der Waals surface area contributed by atoms with Crippen molar-refractivity contribution in [1.29, 1.82) is 0 Å². The minimum absolute atomic E-state index is 0.000942. The van der Waals surface area contributed by atoms with Crippen molar-refractivity contribution in [3.05, 3.63) is 59.7 Å². The molecule has 0 saturated carbocycles. The van der Waals surface area contributed by atoms with Gasteiger partial charge in [0.25, 0.3) is 11.8 Å². The molecule has 29 heavy (non-hydrogen) atoms. The van der Waals surface area contributed by atoms with Crippen LogP contribution in [0.25, 0.3) is 11.4 Å². The molecule has 0 radical (unpaired) electrons. The average molecular weight is 394 g/mol. The molecule has 1 fully saturated rings. The second-order valence-electron chi connectivity index (χ2n) is 6.89. The Balaban J connectivity index is 1.36. The van der Waals surface area contributed by atoms with Gasteiger partial charge < -0.3 is 18.9 Å². The number of nitrogens with zero attached hydrogens (tertiary/aromatic N) is 4. The summed E-state index contributed by atoms with van der Waals surface area (Å²) >= 11 is 0. The molecule has 150 valence electrons. The quantitative estimate of drug-likeness (QED) is 0.635. The Bertz CT molecular complexity index is 986. The Labute approximate surface area is 168 Å². The van der Waals surface area contributed by atoms with Crippen LogP contribution in [0, 0.1) is 6.92 Å². The van der Waals surface area contributed by atoms with Gasteiger partial charge in [0.2, 0.25) is 5.82 Å². The topological polar surface area (TPSA) is 90.6 Å². The Kier molecular flexibility index (Phi) is 5.53. The fourth-order valence-electron chi connectivity index (χ4n) is 3.32. The number of likely N-dealkylation sites (tertiary alicyclic amines) is 1. The largest absolute Gasteiger partial charge is 0.489 e. The van der Waals surface area contributed by atoms with Gasteiger partial charge in [-0.05, 0) is 43.3 Å². The van der Waals surface area contributed by atoms with E-state index < -0.39 is 0 Å². The summed E-state index contributed by atoms with van der Waals surface area (Å²) in [6.07, 6.45) is 2.44. The Morgan fingerprint density at radius 1 is 1.28 bits per heavy atom. The first-order chi connectivity index (χ1) is 14.1. The smallest absolute Gasteiger partial charge is 0.255 e. The van der Waals surface area contributed by atoms with E-state index in [4.69, 9.17) is 14.0 Å². The average Bonchev–Trinajstić information content (AvgIpc) is 3.39. The molecule has 1 amide bonds. The van der Waals surface area contributed by atoms with Crippen LogP contribution in [-0.2, 0) is 11.3 Å². The lowest BCUT2D eigenvalue weighted by atomic mass is 10.2. The zero-order chi connectivity index (χ0) is 20.2. The number of carbonyl (C=O) groups excluding carboxylic acids is 1. The van der Waals surface area contributed by atoms with Gasteiger partial charge in [-0.3, -0.25) is 9.78 Å². The minimum Gasteiger partial charge on any atom is -0.489 e. The number of aryl methyl sites for hydroxylation is 1. The van der Waals surface area contributed by atoms with Crippen LogP contribution in [0.3, 0.4) is 0 Å². The van der Waals surface area contributed by atoms with Crippen LogP contribution in [0.4, 0.5) is 0 Å². The number of rotatable bonds is 6. The zero-order valence-electron chi connectivity index (χ0n) is 16.4. The highest BCUT2D eigenvalue weighted by Crippen LogP contribution is 2.24. The van der Waals surface area contributed by atoms with E-state index >= 15 is 0 Å². The van der Waals surface area contributed by atoms with Crippen LogP contribution in [0.2, 0.25) is 0 Å². The van der Waals surface area contributed by atoms with Gasteiger partial charge in [0, 0.05) is 37.5 Å². The normalized spacial score (nSPS) is 16.2. The number of aromatic nitrogens is 3. The van der Waals surface area contributed by atoms with Crippen LogP contribution in [0.15, 0.2) is 47.1 Å². The van der Waals surface area contributed by atoms with Crippen molar-refractivity contribution in [2.45, 2.75) is 26.1 Å². The summed E-state index contributed by atoms with van der Waals surface area (Å²) < 4.78 is 16.2. The summed E-state index contributed by atoms with van der Waals surface area (Å²) in [4.78, 5) is 23.0. The molecule has 1 saturated heterocycles. The summed E-state index contributed by atoms with van der Waals surface area (Å²) in [7, 11) is 1.58. The van der Waals surface area contributed by atoms with Crippen molar-refractivity contribution in [2.24, 2.45) is 0 Å². The lowest BCUT2D eigenvalue weighted by Crippen LogP contribution is -2.31. The molecular weight excluding hydrogens is 372 g/mol. The van der Waals surface area contributed by atoms with E-state index in [1.165, 1.54) is 0 Å². The first-order valence-electron chi connectivity index (χ1n) is 9.43. The first-order valence-corrected chi connectivity index (χ1v) is 9.43. The molecule has 1 aliphatic rings. The van der Waals surface area contributed by atoms with E-state index in [2.05, 4.69) is 15.1 Å². The van der Waals surface area contributed by atoms with Gasteiger partial charge in [-0.2, -0.15) is 4.98 Å². The number of ether oxygens (including phenoxy) is 2. The van der Waals surface area contributed by atoms with Gasteiger partial charge in [0.05, 0.1) is 12.1 Å². The van der Waals surface area contributed by atoms with E-state index in [-0.39, 0.29) is 18.6 Å². The van der Waals surface area contributed by atoms with Crippen molar-refractivity contribution in [1.82, 2.24) is 20.0 Å². The molecule has 0 N–H and O–H groups in total. The van der Waals surface area contributed by atoms with Crippen molar-refractivity contribution in [2.75, 3.05) is 20.2 Å². The number of amides is 1. The second kappa shape index (κ2) is 8.40. The third-order valence-corrected chi connectivity index (χ3v) is 4.82. The molecule has 1 unspecified atom stereocenters. The molecule has 3 heterocycles. The van der Waals surface area contributed by atoms with Crippen molar-refractivity contribution < 1.29 is 18.8 Å². The first kappa shape index (κ1) is 19.1. The van der Waals surface area contributed by atoms with E-state index in [1.807, 2.05) is 42.2 Å². The fourth-order valence-corrected chi connectivity index (χ4v) is 3.32. The Morgan fingerprint density at radius 3 is 2.86 bits per heavy atom. The lowest BCUT2D eigenvalue weighted by molar-refractivity contribution is 0.0771. The molecule has 8 nitrogen and oxygen atoms in total. The molecule has 1 atom stereocenters. The van der Waals surface area contributed by atoms with Crippen LogP contribution in [0.1, 0.15) is 28.4 Å². The number of hydrogen-bond donors (Lipinski definition) is 0. The third kappa shape index (κ3) is 4.27. The van der Waals surface area contributed by atoms with Crippen LogP contribution in [0.5, 0.6) is 5.75 Å². The SMILES string of the molecule is COCc1nc(-c2ccc(OC3CCN(C(=O)c4cccnc4C)C3)cc2)no1. The van der Waals surface area contributed by atoms with Gasteiger partial charge in [0.1, 0.15) is 18.5 Å². The van der Waals surface area contributed by atoms with Crippen LogP contribution in [-0.4, -0.2) is 52.2 Å². The van der Waals surface area contributed by atoms with Crippen molar-refractivity contribution in [3.8, 4) is 17.1 Å². The van der Waals surface area contributed by atoms with Gasteiger partial charge in [0.15, 0.2) is 0 Å². The number of pyridine rings is 1. The molecule has 3 aromatic rings. The standard InChI is InChI=1S/C21H22N4O4/c1-14-18(4-3-10-22-14)21(26)25-11-9-17(12-25)28-16-7-5-15(6-8-16)20-23-19(13-27-2)29-24-20/h3-8,10,17H,9,11-13H2,1-2H3. The molecule has 8 heteroatoms.